The number of hydrogen-bond donors (Lipinski definition) is 0. The van der Waals surface area contributed by atoms with Crippen LogP contribution in [0.25, 0.3) is 11.1 Å². The van der Waals surface area contributed by atoms with Crippen molar-refractivity contribution in [2.24, 2.45) is 0 Å². The molecular weight excluding hydrogens is 214 g/mol. The fraction of sp³-hybridized carbons (Fsp3) is 0.143. The summed E-state index contributed by atoms with van der Waals surface area (Å²) in [6, 6.07) is 12.9. The molecule has 3 heteroatoms. The zero-order valence-corrected chi connectivity index (χ0v) is 9.81. The third-order valence-electron chi connectivity index (χ3n) is 2.87. The number of nitro groups is 1. The van der Waals surface area contributed by atoms with Crippen LogP contribution >= 0.6 is 0 Å². The van der Waals surface area contributed by atoms with Crippen LogP contribution in [0.4, 0.5) is 5.69 Å². The molecule has 0 amide bonds. The molecule has 0 fully saturated rings. The fourth-order valence-corrected chi connectivity index (χ4v) is 1.89. The van der Waals surface area contributed by atoms with Crippen molar-refractivity contribution in [2.75, 3.05) is 0 Å². The average Bonchev–Trinajstić information content (AvgIpc) is 2.30. The highest BCUT2D eigenvalue weighted by Crippen LogP contribution is 2.29. The summed E-state index contributed by atoms with van der Waals surface area (Å²) in [7, 11) is 0. The van der Waals surface area contributed by atoms with Gasteiger partial charge in [-0.1, -0.05) is 30.3 Å². The number of non-ortho nitro benzene ring substituents is 1. The van der Waals surface area contributed by atoms with E-state index < -0.39 is 0 Å². The maximum atomic E-state index is 10.8. The number of rotatable bonds is 2. The van der Waals surface area contributed by atoms with Crippen LogP contribution in [0.2, 0.25) is 0 Å². The molecule has 2 aromatic carbocycles. The van der Waals surface area contributed by atoms with Crippen LogP contribution in [0.15, 0.2) is 42.5 Å². The Hall–Kier alpha value is -2.16. The lowest BCUT2D eigenvalue weighted by Gasteiger charge is -2.08. The standard InChI is InChI=1S/C14H13NO2/c1-10-5-3-4-6-13(10)14-9-12(15(16)17)8-7-11(14)2/h3-9H,1-2H3. The van der Waals surface area contributed by atoms with Gasteiger partial charge < -0.3 is 0 Å². The molecule has 0 N–H and O–H groups in total. The molecule has 0 spiro atoms. The van der Waals surface area contributed by atoms with Crippen molar-refractivity contribution in [1.29, 1.82) is 0 Å². The number of nitrogens with zero attached hydrogens (tertiary/aromatic N) is 1. The van der Waals surface area contributed by atoms with Gasteiger partial charge in [-0.2, -0.15) is 0 Å². The third-order valence-corrected chi connectivity index (χ3v) is 2.87. The summed E-state index contributed by atoms with van der Waals surface area (Å²) < 4.78 is 0. The molecule has 17 heavy (non-hydrogen) atoms. The van der Waals surface area contributed by atoms with Gasteiger partial charge in [0.25, 0.3) is 5.69 Å². The monoisotopic (exact) mass is 227 g/mol. The van der Waals surface area contributed by atoms with Gasteiger partial charge in [0.2, 0.25) is 0 Å². The Kier molecular flexibility index (Phi) is 2.91. The summed E-state index contributed by atoms with van der Waals surface area (Å²) in [4.78, 5) is 10.4. The summed E-state index contributed by atoms with van der Waals surface area (Å²) in [5.41, 5.74) is 4.28. The van der Waals surface area contributed by atoms with Crippen molar-refractivity contribution in [3.8, 4) is 11.1 Å². The van der Waals surface area contributed by atoms with Gasteiger partial charge in [0.1, 0.15) is 0 Å². The second kappa shape index (κ2) is 4.37. The minimum absolute atomic E-state index is 0.133. The molecule has 0 aliphatic carbocycles. The Labute approximate surface area is 99.9 Å². The van der Waals surface area contributed by atoms with Gasteiger partial charge in [0.15, 0.2) is 0 Å². The number of benzene rings is 2. The summed E-state index contributed by atoms with van der Waals surface area (Å²) in [6.07, 6.45) is 0. The van der Waals surface area contributed by atoms with Crippen LogP contribution in [-0.2, 0) is 0 Å². The zero-order chi connectivity index (χ0) is 12.4. The van der Waals surface area contributed by atoms with E-state index in [-0.39, 0.29) is 10.6 Å². The van der Waals surface area contributed by atoms with Crippen molar-refractivity contribution in [1.82, 2.24) is 0 Å². The SMILES string of the molecule is Cc1ccccc1-c1cc([N+](=O)[O-])ccc1C. The van der Waals surface area contributed by atoms with E-state index in [1.54, 1.807) is 12.1 Å². The Morgan fingerprint density at radius 2 is 1.59 bits per heavy atom. The second-order valence-corrected chi connectivity index (χ2v) is 4.07. The maximum Gasteiger partial charge on any atom is 0.270 e. The topological polar surface area (TPSA) is 43.1 Å². The highest BCUT2D eigenvalue weighted by molar-refractivity contribution is 5.72. The Bertz CT molecular complexity index is 576. The summed E-state index contributed by atoms with van der Waals surface area (Å²) in [6.45, 7) is 3.97. The zero-order valence-electron chi connectivity index (χ0n) is 9.81. The smallest absolute Gasteiger partial charge is 0.258 e. The number of hydrogen-bond acceptors (Lipinski definition) is 2. The predicted octanol–water partition coefficient (Wildman–Crippen LogP) is 3.88. The molecule has 2 aromatic rings. The van der Waals surface area contributed by atoms with Gasteiger partial charge in [-0.05, 0) is 36.1 Å². The molecule has 0 aromatic heterocycles. The van der Waals surface area contributed by atoms with Crippen LogP contribution in [0.5, 0.6) is 0 Å². The van der Waals surface area contributed by atoms with E-state index in [0.29, 0.717) is 0 Å². The van der Waals surface area contributed by atoms with Crippen LogP contribution in [0, 0.1) is 24.0 Å². The van der Waals surface area contributed by atoms with Gasteiger partial charge in [-0.25, -0.2) is 0 Å². The lowest BCUT2D eigenvalue weighted by atomic mass is 9.96. The van der Waals surface area contributed by atoms with Gasteiger partial charge >= 0.3 is 0 Å². The lowest BCUT2D eigenvalue weighted by Crippen LogP contribution is -1.91. The minimum atomic E-state index is -0.360. The third kappa shape index (κ3) is 2.18. The molecule has 0 bridgehead atoms. The molecule has 0 aliphatic rings. The molecule has 0 atom stereocenters. The molecule has 0 aliphatic heterocycles. The van der Waals surface area contributed by atoms with E-state index in [4.69, 9.17) is 0 Å². The van der Waals surface area contributed by atoms with Crippen molar-refractivity contribution < 1.29 is 4.92 Å². The first-order valence-electron chi connectivity index (χ1n) is 5.40. The minimum Gasteiger partial charge on any atom is -0.258 e. The number of aryl methyl sites for hydroxylation is 2. The fourth-order valence-electron chi connectivity index (χ4n) is 1.89. The Balaban J connectivity index is 2.63. The van der Waals surface area contributed by atoms with Gasteiger partial charge in [-0.15, -0.1) is 0 Å². The van der Waals surface area contributed by atoms with E-state index in [2.05, 4.69) is 0 Å². The van der Waals surface area contributed by atoms with E-state index in [0.717, 1.165) is 22.3 Å². The molecule has 0 saturated carbocycles. The van der Waals surface area contributed by atoms with E-state index in [1.807, 2.05) is 38.1 Å². The highest BCUT2D eigenvalue weighted by atomic mass is 16.6. The number of nitro benzene ring substituents is 1. The maximum absolute atomic E-state index is 10.8. The predicted molar refractivity (Wildman–Crippen MR) is 68.0 cm³/mol. The lowest BCUT2D eigenvalue weighted by molar-refractivity contribution is -0.384. The first kappa shape index (κ1) is 11.3. The quantitative estimate of drug-likeness (QED) is 0.577. The first-order chi connectivity index (χ1) is 8.09. The van der Waals surface area contributed by atoms with Crippen LogP contribution in [0.1, 0.15) is 11.1 Å². The summed E-state index contributed by atoms with van der Waals surface area (Å²) >= 11 is 0. The molecule has 86 valence electrons. The van der Waals surface area contributed by atoms with E-state index >= 15 is 0 Å². The van der Waals surface area contributed by atoms with Crippen LogP contribution in [0.3, 0.4) is 0 Å². The Morgan fingerprint density at radius 1 is 0.941 bits per heavy atom. The van der Waals surface area contributed by atoms with Crippen molar-refractivity contribution >= 4 is 5.69 Å². The van der Waals surface area contributed by atoms with Crippen molar-refractivity contribution in [3.05, 3.63) is 63.7 Å². The highest BCUT2D eigenvalue weighted by Gasteiger charge is 2.11. The summed E-state index contributed by atoms with van der Waals surface area (Å²) in [5.74, 6) is 0. The van der Waals surface area contributed by atoms with Gasteiger partial charge in [0.05, 0.1) is 4.92 Å². The molecule has 0 radical (unpaired) electrons. The van der Waals surface area contributed by atoms with Crippen LogP contribution in [-0.4, -0.2) is 4.92 Å². The Morgan fingerprint density at radius 3 is 2.24 bits per heavy atom. The van der Waals surface area contributed by atoms with Gasteiger partial charge in [-0.3, -0.25) is 10.1 Å². The van der Waals surface area contributed by atoms with Gasteiger partial charge in [0, 0.05) is 12.1 Å². The van der Waals surface area contributed by atoms with Crippen molar-refractivity contribution in [2.45, 2.75) is 13.8 Å². The molecule has 0 heterocycles. The first-order valence-corrected chi connectivity index (χ1v) is 5.40. The normalized spacial score (nSPS) is 10.2. The molecule has 2 rings (SSSR count). The largest absolute Gasteiger partial charge is 0.270 e. The van der Waals surface area contributed by atoms with E-state index in [1.165, 1.54) is 6.07 Å². The molecule has 3 nitrogen and oxygen atoms in total. The second-order valence-electron chi connectivity index (χ2n) is 4.07. The molecule has 0 unspecified atom stereocenters. The average molecular weight is 227 g/mol. The van der Waals surface area contributed by atoms with Crippen LogP contribution < -0.4 is 0 Å². The summed E-state index contributed by atoms with van der Waals surface area (Å²) in [5, 5.41) is 10.8. The van der Waals surface area contributed by atoms with E-state index in [9.17, 15) is 10.1 Å². The molecular formula is C14H13NO2. The van der Waals surface area contributed by atoms with Crippen molar-refractivity contribution in [3.63, 3.8) is 0 Å². The molecule has 0 saturated heterocycles.